The van der Waals surface area contributed by atoms with Crippen LogP contribution in [0.1, 0.15) is 90.8 Å². The van der Waals surface area contributed by atoms with Crippen LogP contribution in [0.25, 0.3) is 0 Å². The van der Waals surface area contributed by atoms with Crippen molar-refractivity contribution in [3.8, 4) is 6.07 Å². The van der Waals surface area contributed by atoms with Crippen LogP contribution in [0.5, 0.6) is 0 Å². The molecule has 3 aromatic rings. The molecular weight excluding hydrogens is 583 g/mol. The van der Waals surface area contributed by atoms with Gasteiger partial charge < -0.3 is 24.8 Å². The number of nitrogens with zero attached hydrogens (tertiary/aromatic N) is 5. The molecule has 1 atom stereocenters. The van der Waals surface area contributed by atoms with Crippen molar-refractivity contribution >= 4 is 17.3 Å². The van der Waals surface area contributed by atoms with Crippen molar-refractivity contribution in [1.82, 2.24) is 20.1 Å². The first-order chi connectivity index (χ1) is 21.4. The Morgan fingerprint density at radius 3 is 2.56 bits per heavy atom. The number of hydrogen-bond acceptors (Lipinski definition) is 7. The molecule has 2 aromatic carbocycles. The van der Waals surface area contributed by atoms with Gasteiger partial charge in [-0.2, -0.15) is 18.4 Å². The smallest absolute Gasteiger partial charge is 0.381 e. The van der Waals surface area contributed by atoms with E-state index in [0.717, 1.165) is 30.7 Å². The second-order valence-electron chi connectivity index (χ2n) is 13.1. The summed E-state index contributed by atoms with van der Waals surface area (Å²) in [5.74, 6) is 0.258. The number of methoxy groups -OCH3 is 1. The lowest BCUT2D eigenvalue weighted by Crippen LogP contribution is -2.48. The molecule has 2 aliphatic carbocycles. The Bertz CT molecular complexity index is 1650. The lowest BCUT2D eigenvalue weighted by molar-refractivity contribution is -0.138. The second kappa shape index (κ2) is 11.4. The highest BCUT2D eigenvalue weighted by molar-refractivity contribution is 6.10. The van der Waals surface area contributed by atoms with Gasteiger partial charge in [0.1, 0.15) is 12.2 Å². The molecule has 2 fully saturated rings. The largest absolute Gasteiger partial charge is 0.416 e. The average molecular weight is 622 g/mol. The first-order valence-corrected chi connectivity index (χ1v) is 15.3. The van der Waals surface area contributed by atoms with Gasteiger partial charge in [0.15, 0.2) is 0 Å². The Labute approximate surface area is 260 Å². The number of alkyl halides is 3. The molecule has 12 heteroatoms. The van der Waals surface area contributed by atoms with Crippen molar-refractivity contribution < 1.29 is 22.7 Å². The van der Waals surface area contributed by atoms with Crippen molar-refractivity contribution in [2.24, 2.45) is 7.05 Å². The minimum absolute atomic E-state index is 0.0134. The summed E-state index contributed by atoms with van der Waals surface area (Å²) in [7, 11) is 3.53. The first kappa shape index (κ1) is 31.0. The zero-order chi connectivity index (χ0) is 32.1. The number of nitrogens with one attached hydrogen (secondary N) is 2. The van der Waals surface area contributed by atoms with E-state index in [1.54, 1.807) is 25.6 Å². The molecule has 45 heavy (non-hydrogen) atoms. The van der Waals surface area contributed by atoms with E-state index in [4.69, 9.17) is 4.74 Å². The number of ether oxygens (including phenoxy) is 1. The van der Waals surface area contributed by atoms with E-state index in [-0.39, 0.29) is 48.3 Å². The zero-order valence-electron chi connectivity index (χ0n) is 26.0. The summed E-state index contributed by atoms with van der Waals surface area (Å²) in [6.07, 6.45) is 1.52. The highest BCUT2D eigenvalue weighted by Crippen LogP contribution is 2.51. The summed E-state index contributed by atoms with van der Waals surface area (Å²) < 4.78 is 50.8. The molecule has 1 amide bonds. The minimum Gasteiger partial charge on any atom is -0.381 e. The molecule has 1 aliphatic heterocycles. The van der Waals surface area contributed by atoms with Gasteiger partial charge in [-0.1, -0.05) is 0 Å². The molecule has 1 aromatic heterocycles. The van der Waals surface area contributed by atoms with Crippen LogP contribution in [-0.4, -0.2) is 45.5 Å². The van der Waals surface area contributed by atoms with Crippen molar-refractivity contribution in [2.75, 3.05) is 17.3 Å². The lowest BCUT2D eigenvalue weighted by atomic mass is 9.61. The van der Waals surface area contributed by atoms with Gasteiger partial charge in [-0.3, -0.25) is 4.79 Å². The molecule has 9 nitrogen and oxygen atoms in total. The van der Waals surface area contributed by atoms with Crippen LogP contribution >= 0.6 is 0 Å². The van der Waals surface area contributed by atoms with Crippen LogP contribution in [0.15, 0.2) is 36.7 Å². The van der Waals surface area contributed by atoms with Crippen molar-refractivity contribution in [3.05, 3.63) is 70.3 Å². The van der Waals surface area contributed by atoms with E-state index < -0.39 is 23.1 Å². The fourth-order valence-corrected chi connectivity index (χ4v) is 6.98. The van der Waals surface area contributed by atoms with Gasteiger partial charge in [0.05, 0.1) is 36.1 Å². The summed E-state index contributed by atoms with van der Waals surface area (Å²) >= 11 is 0. The van der Waals surface area contributed by atoms with Gasteiger partial charge in [0.25, 0.3) is 5.91 Å². The average Bonchev–Trinajstić information content (AvgIpc) is 3.52. The summed E-state index contributed by atoms with van der Waals surface area (Å²) in [5.41, 5.74) is 1.01. The number of amides is 1. The molecule has 0 bridgehead atoms. The number of rotatable bonds is 10. The SMILES string of the molecule is COC1CC(c2cc(N[C@H](C)CC#N)cc(N3Cc4c(cc(CNC5(C)CCC5)cc4C(F)(F)F)C3=O)c2)(c2nncn2C)C1. The summed E-state index contributed by atoms with van der Waals surface area (Å²) in [4.78, 5) is 15.4. The van der Waals surface area contributed by atoms with Crippen molar-refractivity contribution in [2.45, 2.75) is 94.7 Å². The van der Waals surface area contributed by atoms with Crippen molar-refractivity contribution in [3.63, 3.8) is 0 Å². The Hall–Kier alpha value is -3.95. The fourth-order valence-electron chi connectivity index (χ4n) is 6.98. The van der Waals surface area contributed by atoms with Gasteiger partial charge in [-0.15, -0.1) is 10.2 Å². The van der Waals surface area contributed by atoms with E-state index in [0.29, 0.717) is 29.8 Å². The summed E-state index contributed by atoms with van der Waals surface area (Å²) in [6.45, 7) is 4.00. The zero-order valence-corrected chi connectivity index (χ0v) is 26.0. The molecule has 0 saturated heterocycles. The number of aromatic nitrogens is 3. The predicted molar refractivity (Wildman–Crippen MR) is 163 cm³/mol. The maximum atomic E-state index is 14.4. The molecule has 6 rings (SSSR count). The number of carbonyl (C=O) groups is 1. The van der Waals surface area contributed by atoms with Crippen LogP contribution in [0.4, 0.5) is 24.5 Å². The van der Waals surface area contributed by atoms with E-state index in [1.807, 2.05) is 30.7 Å². The number of halogens is 3. The quantitative estimate of drug-likeness (QED) is 0.293. The Morgan fingerprint density at radius 2 is 1.96 bits per heavy atom. The Balaban J connectivity index is 1.41. The van der Waals surface area contributed by atoms with Gasteiger partial charge in [-0.25, -0.2) is 0 Å². The number of carbonyl (C=O) groups excluding carboxylic acids is 1. The Kier molecular flexibility index (Phi) is 7.90. The molecule has 238 valence electrons. The molecule has 0 radical (unpaired) electrons. The van der Waals surface area contributed by atoms with E-state index in [1.165, 1.54) is 11.0 Å². The van der Waals surface area contributed by atoms with Crippen LogP contribution in [0, 0.1) is 11.3 Å². The maximum absolute atomic E-state index is 14.4. The molecule has 0 spiro atoms. The first-order valence-electron chi connectivity index (χ1n) is 15.3. The topological polar surface area (TPSA) is 108 Å². The third kappa shape index (κ3) is 5.68. The molecule has 2 heterocycles. The molecule has 3 aliphatic rings. The molecule has 2 N–H and O–H groups in total. The standard InChI is InChI=1S/C33H38F3N7O2/c1-20(6-9-37)40-23-12-22(32(15-25(16-32)45-4)30-41-39-19-42(30)3)13-24(14-23)43-18-27-26(29(43)44)10-21(11-28(27)33(34,35)36)17-38-31(2)7-5-8-31/h10-14,19-20,25,38,40H,5-8,15-18H2,1-4H3/t20-,25?,32?/m1/s1. The number of anilines is 2. The van der Waals surface area contributed by atoms with E-state index in [2.05, 4.69) is 33.8 Å². The number of benzene rings is 2. The van der Waals surface area contributed by atoms with E-state index in [9.17, 15) is 23.2 Å². The van der Waals surface area contributed by atoms with Gasteiger partial charge in [0.2, 0.25) is 0 Å². The summed E-state index contributed by atoms with van der Waals surface area (Å²) in [5, 5.41) is 24.5. The highest BCUT2D eigenvalue weighted by atomic mass is 19.4. The predicted octanol–water partition coefficient (Wildman–Crippen LogP) is 5.84. The van der Waals surface area contributed by atoms with Crippen LogP contribution < -0.4 is 15.5 Å². The van der Waals surface area contributed by atoms with Crippen LogP contribution in [-0.2, 0) is 36.5 Å². The monoisotopic (exact) mass is 621 g/mol. The van der Waals surface area contributed by atoms with E-state index >= 15 is 0 Å². The lowest BCUT2D eigenvalue weighted by Gasteiger charge is -2.46. The maximum Gasteiger partial charge on any atom is 0.416 e. The van der Waals surface area contributed by atoms with Crippen LogP contribution in [0.2, 0.25) is 0 Å². The number of hydrogen-bond donors (Lipinski definition) is 2. The fraction of sp³-hybridized carbons (Fsp3) is 0.515. The van der Waals surface area contributed by atoms with Crippen molar-refractivity contribution in [1.29, 1.82) is 5.26 Å². The second-order valence-corrected chi connectivity index (χ2v) is 13.1. The van der Waals surface area contributed by atoms with Crippen LogP contribution in [0.3, 0.4) is 0 Å². The molecule has 2 saturated carbocycles. The highest BCUT2D eigenvalue weighted by Gasteiger charge is 2.51. The number of fused-ring (bicyclic) bond motifs is 1. The number of nitriles is 1. The minimum atomic E-state index is -4.62. The van der Waals surface area contributed by atoms with Gasteiger partial charge >= 0.3 is 6.18 Å². The normalized spacial score (nSPS) is 22.8. The van der Waals surface area contributed by atoms with Gasteiger partial charge in [0, 0.05) is 49.2 Å². The summed E-state index contributed by atoms with van der Waals surface area (Å²) in [6, 6.07) is 10.4. The Morgan fingerprint density at radius 1 is 1.20 bits per heavy atom. The molecule has 0 unspecified atom stereocenters. The third-order valence-corrected chi connectivity index (χ3v) is 9.80. The third-order valence-electron chi connectivity index (χ3n) is 9.80. The molecular formula is C33H38F3N7O2. The number of aryl methyl sites for hydroxylation is 1. The van der Waals surface area contributed by atoms with Gasteiger partial charge in [-0.05, 0) is 93.0 Å².